The summed E-state index contributed by atoms with van der Waals surface area (Å²) in [6.07, 6.45) is 1.45. The van der Waals surface area contributed by atoms with Crippen LogP contribution in [-0.2, 0) is 9.59 Å². The van der Waals surface area contributed by atoms with Gasteiger partial charge in [-0.05, 0) is 6.92 Å². The first-order valence-electron chi connectivity index (χ1n) is 6.20. The molecule has 0 radical (unpaired) electrons. The number of hydrogen-bond donors (Lipinski definition) is 4. The average molecular weight is 301 g/mol. The van der Waals surface area contributed by atoms with E-state index in [9.17, 15) is 14.7 Å². The predicted molar refractivity (Wildman–Crippen MR) is 77.4 cm³/mol. The molecule has 5 N–H and O–H groups in total. The van der Waals surface area contributed by atoms with Crippen molar-refractivity contribution >= 4 is 30.4 Å². The molecule has 3 atom stereocenters. The number of nitrogens with one attached hydrogen (secondary N) is 1. The maximum absolute atomic E-state index is 11.2. The molecule has 3 unspecified atom stereocenters. The second-order valence-electron chi connectivity index (χ2n) is 4.42. The Bertz CT molecular complexity index is 423. The van der Waals surface area contributed by atoms with Gasteiger partial charge in [-0.2, -0.15) is 0 Å². The van der Waals surface area contributed by atoms with Gasteiger partial charge >= 0.3 is 5.97 Å². The first-order valence-corrected chi connectivity index (χ1v) is 7.19. The molecule has 0 aromatic heterocycles. The Morgan fingerprint density at radius 1 is 1.70 bits per heavy atom. The molecular formula is C12H19N3O4S. The van der Waals surface area contributed by atoms with E-state index in [4.69, 9.17) is 10.8 Å². The highest BCUT2D eigenvalue weighted by molar-refractivity contribution is 8.03. The molecule has 0 amide bonds. The third-order valence-corrected chi connectivity index (χ3v) is 4.11. The van der Waals surface area contributed by atoms with Crippen LogP contribution in [0.5, 0.6) is 0 Å². The van der Waals surface area contributed by atoms with Crippen molar-refractivity contribution < 1.29 is 19.8 Å². The van der Waals surface area contributed by atoms with Gasteiger partial charge in [-0.25, -0.2) is 4.79 Å². The first kappa shape index (κ1) is 16.5. The van der Waals surface area contributed by atoms with E-state index in [1.165, 1.54) is 25.0 Å². The van der Waals surface area contributed by atoms with E-state index in [1.807, 2.05) is 0 Å². The summed E-state index contributed by atoms with van der Waals surface area (Å²) in [7, 11) is 0. The molecule has 1 aliphatic heterocycles. The molecule has 0 aromatic rings. The van der Waals surface area contributed by atoms with Gasteiger partial charge < -0.3 is 26.1 Å². The standard InChI is InChI=1S/C12H19N3O4S/c1-7(17)8(5-16)9-4-10(11(15-9)12(18)19)20-3-2-14-6-13/h5-9,15,17H,2-4H2,1H3,(H2,13,14)(H,18,19). The van der Waals surface area contributed by atoms with E-state index in [0.29, 0.717) is 29.9 Å². The van der Waals surface area contributed by atoms with Crippen LogP contribution in [0.25, 0.3) is 0 Å². The van der Waals surface area contributed by atoms with Gasteiger partial charge in [0, 0.05) is 23.1 Å². The molecule has 20 heavy (non-hydrogen) atoms. The lowest BCUT2D eigenvalue weighted by molar-refractivity contribution is -0.133. The Kier molecular flexibility index (Phi) is 6.53. The lowest BCUT2D eigenvalue weighted by Crippen LogP contribution is -2.39. The van der Waals surface area contributed by atoms with E-state index in [1.54, 1.807) is 0 Å². The third-order valence-electron chi connectivity index (χ3n) is 3.01. The van der Waals surface area contributed by atoms with Gasteiger partial charge in [0.25, 0.3) is 0 Å². The fourth-order valence-electron chi connectivity index (χ4n) is 2.00. The SMILES string of the molecule is CC(O)C(C=O)C1CC(SCCN=CN)=C(C(=O)O)N1. The van der Waals surface area contributed by atoms with Gasteiger partial charge in [0.15, 0.2) is 0 Å². The monoisotopic (exact) mass is 301 g/mol. The summed E-state index contributed by atoms with van der Waals surface area (Å²) in [6, 6.07) is -0.390. The summed E-state index contributed by atoms with van der Waals surface area (Å²) in [4.78, 5) is 26.7. The number of carboxylic acid groups (broad SMARTS) is 1. The minimum Gasteiger partial charge on any atom is -0.477 e. The van der Waals surface area contributed by atoms with Crippen LogP contribution < -0.4 is 11.1 Å². The fourth-order valence-corrected chi connectivity index (χ4v) is 3.04. The highest BCUT2D eigenvalue weighted by Gasteiger charge is 2.34. The molecule has 0 aliphatic carbocycles. The largest absolute Gasteiger partial charge is 0.477 e. The molecule has 0 fully saturated rings. The quantitative estimate of drug-likeness (QED) is 0.207. The summed E-state index contributed by atoms with van der Waals surface area (Å²) in [5.41, 5.74) is 5.23. The number of thioether (sulfide) groups is 1. The Morgan fingerprint density at radius 3 is 2.90 bits per heavy atom. The van der Waals surface area contributed by atoms with E-state index >= 15 is 0 Å². The minimum atomic E-state index is -1.06. The number of aldehydes is 1. The molecule has 0 bridgehead atoms. The number of nitrogens with two attached hydrogens (primary N) is 1. The number of rotatable bonds is 8. The van der Waals surface area contributed by atoms with E-state index in [2.05, 4.69) is 10.3 Å². The fraction of sp³-hybridized carbons (Fsp3) is 0.583. The summed E-state index contributed by atoms with van der Waals surface area (Å²) in [5, 5.41) is 21.5. The van der Waals surface area contributed by atoms with Crippen molar-refractivity contribution in [1.29, 1.82) is 0 Å². The van der Waals surface area contributed by atoms with Crippen molar-refractivity contribution in [1.82, 2.24) is 5.32 Å². The van der Waals surface area contributed by atoms with E-state index in [-0.39, 0.29) is 11.7 Å². The number of aliphatic hydroxyl groups excluding tert-OH is 1. The van der Waals surface area contributed by atoms with Crippen LogP contribution in [0.15, 0.2) is 15.6 Å². The Balaban J connectivity index is 2.71. The lowest BCUT2D eigenvalue weighted by atomic mass is 9.95. The molecule has 112 valence electrons. The number of carbonyl (C=O) groups excluding carboxylic acids is 1. The van der Waals surface area contributed by atoms with Crippen LogP contribution in [0.2, 0.25) is 0 Å². The summed E-state index contributed by atoms with van der Waals surface area (Å²) >= 11 is 1.37. The normalized spacial score (nSPS) is 21.8. The van der Waals surface area contributed by atoms with Crippen LogP contribution in [-0.4, -0.2) is 53.3 Å². The predicted octanol–water partition coefficient (Wildman–Crippen LogP) is -0.439. The summed E-state index contributed by atoms with van der Waals surface area (Å²) in [5.74, 6) is -1.09. The van der Waals surface area contributed by atoms with Gasteiger partial charge in [0.2, 0.25) is 0 Å². The number of aliphatic hydroxyl groups is 1. The number of carbonyl (C=O) groups is 2. The van der Waals surface area contributed by atoms with Gasteiger partial charge in [-0.3, -0.25) is 4.99 Å². The van der Waals surface area contributed by atoms with Crippen molar-refractivity contribution in [3.05, 3.63) is 10.6 Å². The molecular weight excluding hydrogens is 282 g/mol. The van der Waals surface area contributed by atoms with E-state index in [0.717, 1.165) is 0 Å². The van der Waals surface area contributed by atoms with Gasteiger partial charge in [-0.15, -0.1) is 11.8 Å². The Labute approximate surface area is 121 Å². The average Bonchev–Trinajstić information content (AvgIpc) is 2.79. The highest BCUT2D eigenvalue weighted by atomic mass is 32.2. The molecule has 0 aromatic carbocycles. The Morgan fingerprint density at radius 2 is 2.40 bits per heavy atom. The zero-order valence-corrected chi connectivity index (χ0v) is 12.0. The van der Waals surface area contributed by atoms with Crippen molar-refractivity contribution in [2.24, 2.45) is 16.6 Å². The molecule has 1 aliphatic rings. The molecule has 0 saturated carbocycles. The number of carboxylic acids is 1. The number of nitrogens with zero attached hydrogens (tertiary/aromatic N) is 1. The molecule has 7 nitrogen and oxygen atoms in total. The van der Waals surface area contributed by atoms with Crippen LogP contribution in [0.1, 0.15) is 13.3 Å². The van der Waals surface area contributed by atoms with Crippen molar-refractivity contribution in [2.75, 3.05) is 12.3 Å². The molecule has 1 heterocycles. The number of aliphatic carboxylic acids is 1. The third kappa shape index (κ3) is 4.24. The maximum atomic E-state index is 11.2. The number of hydrogen-bond acceptors (Lipinski definition) is 6. The zero-order valence-electron chi connectivity index (χ0n) is 11.2. The minimum absolute atomic E-state index is 0.101. The van der Waals surface area contributed by atoms with Crippen molar-refractivity contribution in [3.63, 3.8) is 0 Å². The van der Waals surface area contributed by atoms with Gasteiger partial charge in [0.1, 0.15) is 12.0 Å². The molecule has 0 saturated heterocycles. The zero-order chi connectivity index (χ0) is 15.1. The molecule has 1 rings (SSSR count). The van der Waals surface area contributed by atoms with Crippen LogP contribution in [0.4, 0.5) is 0 Å². The van der Waals surface area contributed by atoms with Crippen LogP contribution in [0, 0.1) is 5.92 Å². The second kappa shape index (κ2) is 7.91. The second-order valence-corrected chi connectivity index (χ2v) is 5.61. The summed E-state index contributed by atoms with van der Waals surface area (Å²) in [6.45, 7) is 2.01. The molecule has 8 heteroatoms. The topological polar surface area (TPSA) is 125 Å². The maximum Gasteiger partial charge on any atom is 0.352 e. The Hall–Kier alpha value is -1.54. The van der Waals surface area contributed by atoms with Gasteiger partial charge in [0.05, 0.1) is 24.9 Å². The lowest BCUT2D eigenvalue weighted by Gasteiger charge is -2.21. The van der Waals surface area contributed by atoms with Crippen molar-refractivity contribution in [2.45, 2.75) is 25.5 Å². The summed E-state index contributed by atoms with van der Waals surface area (Å²) < 4.78 is 0. The van der Waals surface area contributed by atoms with Crippen molar-refractivity contribution in [3.8, 4) is 0 Å². The van der Waals surface area contributed by atoms with E-state index < -0.39 is 18.0 Å². The highest BCUT2D eigenvalue weighted by Crippen LogP contribution is 2.32. The van der Waals surface area contributed by atoms with Gasteiger partial charge in [-0.1, -0.05) is 0 Å². The molecule has 0 spiro atoms. The smallest absolute Gasteiger partial charge is 0.352 e. The first-order chi connectivity index (χ1) is 9.51. The number of aliphatic imine (C=N–C) groups is 1. The van der Waals surface area contributed by atoms with Crippen LogP contribution in [0.3, 0.4) is 0 Å². The van der Waals surface area contributed by atoms with Crippen LogP contribution >= 0.6 is 11.8 Å².